The standard InChI is InChI=1S/C12H20N4O/c1-4-8(2)7-16(3)11-5-9(12(14)17)10(13)6-15-11/h5-6,8H,4,7,13H2,1-3H3,(H2,14,17). The first-order valence-corrected chi connectivity index (χ1v) is 5.72. The molecule has 0 saturated heterocycles. The number of anilines is 2. The van der Waals surface area contributed by atoms with Gasteiger partial charge < -0.3 is 16.4 Å². The highest BCUT2D eigenvalue weighted by Gasteiger charge is 2.11. The first kappa shape index (κ1) is 13.3. The van der Waals surface area contributed by atoms with E-state index in [4.69, 9.17) is 11.5 Å². The van der Waals surface area contributed by atoms with Crippen molar-refractivity contribution in [3.05, 3.63) is 17.8 Å². The van der Waals surface area contributed by atoms with Crippen LogP contribution in [-0.2, 0) is 0 Å². The van der Waals surface area contributed by atoms with Crippen molar-refractivity contribution in [3.8, 4) is 0 Å². The summed E-state index contributed by atoms with van der Waals surface area (Å²) in [4.78, 5) is 17.4. The minimum atomic E-state index is -0.525. The van der Waals surface area contributed by atoms with Crippen molar-refractivity contribution in [1.82, 2.24) is 4.98 Å². The number of pyridine rings is 1. The molecule has 5 nitrogen and oxygen atoms in total. The van der Waals surface area contributed by atoms with Gasteiger partial charge in [0, 0.05) is 13.6 Å². The molecule has 1 heterocycles. The quantitative estimate of drug-likeness (QED) is 0.805. The predicted octanol–water partition coefficient (Wildman–Crippen LogP) is 1.25. The molecule has 0 aromatic carbocycles. The monoisotopic (exact) mass is 236 g/mol. The van der Waals surface area contributed by atoms with E-state index >= 15 is 0 Å². The zero-order valence-electron chi connectivity index (χ0n) is 10.6. The Hall–Kier alpha value is -1.78. The lowest BCUT2D eigenvalue weighted by atomic mass is 10.1. The van der Waals surface area contributed by atoms with Crippen LogP contribution < -0.4 is 16.4 Å². The summed E-state index contributed by atoms with van der Waals surface area (Å²) in [6, 6.07) is 1.64. The lowest BCUT2D eigenvalue weighted by molar-refractivity contribution is 0.100. The van der Waals surface area contributed by atoms with Crippen LogP contribution in [0, 0.1) is 5.92 Å². The van der Waals surface area contributed by atoms with Gasteiger partial charge in [-0.15, -0.1) is 0 Å². The maximum absolute atomic E-state index is 11.2. The van der Waals surface area contributed by atoms with Gasteiger partial charge in [-0.05, 0) is 12.0 Å². The second kappa shape index (κ2) is 5.52. The fraction of sp³-hybridized carbons (Fsp3) is 0.500. The molecule has 1 rings (SSSR count). The molecule has 1 amide bonds. The smallest absolute Gasteiger partial charge is 0.250 e. The molecular weight excluding hydrogens is 216 g/mol. The van der Waals surface area contributed by atoms with Gasteiger partial charge in [0.25, 0.3) is 5.91 Å². The number of carbonyl (C=O) groups is 1. The molecule has 0 aliphatic heterocycles. The lowest BCUT2D eigenvalue weighted by Gasteiger charge is -2.22. The Morgan fingerprint density at radius 1 is 1.59 bits per heavy atom. The number of hydrogen-bond donors (Lipinski definition) is 2. The van der Waals surface area contributed by atoms with Crippen LogP contribution >= 0.6 is 0 Å². The Morgan fingerprint density at radius 2 is 2.24 bits per heavy atom. The zero-order valence-corrected chi connectivity index (χ0v) is 10.6. The van der Waals surface area contributed by atoms with Gasteiger partial charge in [0.05, 0.1) is 17.4 Å². The summed E-state index contributed by atoms with van der Waals surface area (Å²) >= 11 is 0. The van der Waals surface area contributed by atoms with Gasteiger partial charge >= 0.3 is 0 Å². The largest absolute Gasteiger partial charge is 0.397 e. The lowest BCUT2D eigenvalue weighted by Crippen LogP contribution is -2.25. The van der Waals surface area contributed by atoms with E-state index < -0.39 is 5.91 Å². The third kappa shape index (κ3) is 3.34. The van der Waals surface area contributed by atoms with E-state index in [-0.39, 0.29) is 0 Å². The molecule has 1 unspecified atom stereocenters. The summed E-state index contributed by atoms with van der Waals surface area (Å²) in [5, 5.41) is 0. The topological polar surface area (TPSA) is 85.2 Å². The van der Waals surface area contributed by atoms with Crippen molar-refractivity contribution in [2.75, 3.05) is 24.2 Å². The molecule has 17 heavy (non-hydrogen) atoms. The third-order valence-corrected chi connectivity index (χ3v) is 2.86. The molecule has 0 fully saturated rings. The van der Waals surface area contributed by atoms with Crippen molar-refractivity contribution < 1.29 is 4.79 Å². The molecule has 1 aromatic rings. The maximum Gasteiger partial charge on any atom is 0.250 e. The number of nitrogens with zero attached hydrogens (tertiary/aromatic N) is 2. The summed E-state index contributed by atoms with van der Waals surface area (Å²) in [6.07, 6.45) is 2.57. The molecule has 0 radical (unpaired) electrons. The van der Waals surface area contributed by atoms with Gasteiger partial charge in [-0.3, -0.25) is 4.79 Å². The van der Waals surface area contributed by atoms with E-state index in [1.807, 2.05) is 11.9 Å². The van der Waals surface area contributed by atoms with Crippen LogP contribution in [-0.4, -0.2) is 24.5 Å². The Morgan fingerprint density at radius 3 is 2.76 bits per heavy atom. The number of rotatable bonds is 5. The van der Waals surface area contributed by atoms with Crippen molar-refractivity contribution in [2.24, 2.45) is 11.7 Å². The van der Waals surface area contributed by atoms with E-state index in [9.17, 15) is 4.79 Å². The Balaban J connectivity index is 2.91. The van der Waals surface area contributed by atoms with Gasteiger partial charge in [-0.25, -0.2) is 4.98 Å². The van der Waals surface area contributed by atoms with Crippen LogP contribution in [0.25, 0.3) is 0 Å². The van der Waals surface area contributed by atoms with Crippen molar-refractivity contribution in [2.45, 2.75) is 20.3 Å². The Bertz CT molecular complexity index is 405. The molecule has 0 spiro atoms. The number of carbonyl (C=O) groups excluding carboxylic acids is 1. The van der Waals surface area contributed by atoms with Crippen LogP contribution in [0.4, 0.5) is 11.5 Å². The molecule has 0 bridgehead atoms. The Labute approximate surface area is 102 Å². The molecule has 94 valence electrons. The van der Waals surface area contributed by atoms with Crippen molar-refractivity contribution in [1.29, 1.82) is 0 Å². The summed E-state index contributed by atoms with van der Waals surface area (Å²) in [7, 11) is 1.94. The number of hydrogen-bond acceptors (Lipinski definition) is 4. The first-order valence-electron chi connectivity index (χ1n) is 5.72. The number of aromatic nitrogens is 1. The fourth-order valence-corrected chi connectivity index (χ4v) is 1.57. The normalized spacial score (nSPS) is 12.2. The van der Waals surface area contributed by atoms with Crippen LogP contribution in [0.2, 0.25) is 0 Å². The molecule has 0 aliphatic rings. The molecule has 0 aliphatic carbocycles. The summed E-state index contributed by atoms with van der Waals surface area (Å²) < 4.78 is 0. The molecule has 1 aromatic heterocycles. The van der Waals surface area contributed by atoms with Crippen LogP contribution in [0.1, 0.15) is 30.6 Å². The summed E-state index contributed by atoms with van der Waals surface area (Å²) in [6.45, 7) is 5.19. The molecule has 1 atom stereocenters. The average Bonchev–Trinajstić information content (AvgIpc) is 2.28. The highest BCUT2D eigenvalue weighted by molar-refractivity contribution is 5.98. The predicted molar refractivity (Wildman–Crippen MR) is 69.9 cm³/mol. The highest BCUT2D eigenvalue weighted by atomic mass is 16.1. The van der Waals surface area contributed by atoms with Crippen molar-refractivity contribution in [3.63, 3.8) is 0 Å². The van der Waals surface area contributed by atoms with Gasteiger partial charge in [0.2, 0.25) is 0 Å². The van der Waals surface area contributed by atoms with E-state index in [0.29, 0.717) is 23.0 Å². The minimum absolute atomic E-state index is 0.318. The number of primary amides is 1. The van der Waals surface area contributed by atoms with Gasteiger partial charge in [-0.2, -0.15) is 0 Å². The number of nitrogen functional groups attached to an aromatic ring is 1. The first-order chi connectivity index (χ1) is 7.95. The van der Waals surface area contributed by atoms with Crippen LogP contribution in [0.5, 0.6) is 0 Å². The van der Waals surface area contributed by atoms with Gasteiger partial charge in [-0.1, -0.05) is 20.3 Å². The molecular formula is C12H20N4O. The number of amides is 1. The van der Waals surface area contributed by atoms with Gasteiger partial charge in [0.15, 0.2) is 0 Å². The second-order valence-electron chi connectivity index (χ2n) is 4.39. The van der Waals surface area contributed by atoms with E-state index in [1.165, 1.54) is 6.20 Å². The molecule has 4 N–H and O–H groups in total. The number of nitrogens with two attached hydrogens (primary N) is 2. The SMILES string of the molecule is CCC(C)CN(C)c1cc(C(N)=O)c(N)cn1. The second-order valence-corrected chi connectivity index (χ2v) is 4.39. The summed E-state index contributed by atoms with van der Waals surface area (Å²) in [5.41, 5.74) is 11.5. The van der Waals surface area contributed by atoms with E-state index in [1.54, 1.807) is 6.07 Å². The maximum atomic E-state index is 11.2. The van der Waals surface area contributed by atoms with Gasteiger partial charge in [0.1, 0.15) is 5.82 Å². The molecule has 5 heteroatoms. The third-order valence-electron chi connectivity index (χ3n) is 2.86. The van der Waals surface area contributed by atoms with Crippen LogP contribution in [0.15, 0.2) is 12.3 Å². The van der Waals surface area contributed by atoms with Crippen molar-refractivity contribution >= 4 is 17.4 Å². The highest BCUT2D eigenvalue weighted by Crippen LogP contribution is 2.18. The Kier molecular flexibility index (Phi) is 4.31. The summed E-state index contributed by atoms with van der Waals surface area (Å²) in [5.74, 6) is 0.757. The van der Waals surface area contributed by atoms with Crippen LogP contribution in [0.3, 0.4) is 0 Å². The van der Waals surface area contributed by atoms with E-state index in [0.717, 1.165) is 13.0 Å². The minimum Gasteiger partial charge on any atom is -0.397 e. The zero-order chi connectivity index (χ0) is 13.0. The average molecular weight is 236 g/mol. The molecule has 0 saturated carbocycles. The fourth-order valence-electron chi connectivity index (χ4n) is 1.57. The van der Waals surface area contributed by atoms with E-state index in [2.05, 4.69) is 18.8 Å².